The molecule has 0 spiro atoms. The molecule has 2 rings (SSSR count). The number of hydrogen-bond donors (Lipinski definition) is 2. The number of imidazole rings is 1. The number of aromatic nitrogens is 2. The average molecular weight is 221 g/mol. The van der Waals surface area contributed by atoms with E-state index in [1.165, 1.54) is 32.2 Å². The third kappa shape index (κ3) is 3.63. The Bertz CT molecular complexity index is 281. The minimum atomic E-state index is 0.903. The molecule has 3 heteroatoms. The zero-order valence-electron chi connectivity index (χ0n) is 10.2. The van der Waals surface area contributed by atoms with Gasteiger partial charge in [-0.1, -0.05) is 19.8 Å². The van der Waals surface area contributed by atoms with Gasteiger partial charge in [-0.3, -0.25) is 0 Å². The van der Waals surface area contributed by atoms with Gasteiger partial charge in [0, 0.05) is 25.4 Å². The lowest BCUT2D eigenvalue weighted by Gasteiger charge is -2.26. The van der Waals surface area contributed by atoms with Crippen molar-refractivity contribution in [3.05, 3.63) is 18.2 Å². The zero-order chi connectivity index (χ0) is 11.2. The van der Waals surface area contributed by atoms with Crippen LogP contribution in [-0.2, 0) is 6.42 Å². The standard InChI is InChI=1S/C13H23N3/c1-11-3-2-4-12(9-11)10-14-6-5-13-15-7-8-16-13/h7-8,11-12,14H,2-6,9-10H2,1H3,(H,15,16). The molecule has 1 saturated carbocycles. The van der Waals surface area contributed by atoms with Crippen LogP contribution in [0.2, 0.25) is 0 Å². The summed E-state index contributed by atoms with van der Waals surface area (Å²) in [4.78, 5) is 7.35. The second-order valence-corrected chi connectivity index (χ2v) is 5.13. The molecule has 1 heterocycles. The third-order valence-corrected chi connectivity index (χ3v) is 3.57. The van der Waals surface area contributed by atoms with Gasteiger partial charge in [-0.25, -0.2) is 4.98 Å². The maximum absolute atomic E-state index is 4.22. The lowest BCUT2D eigenvalue weighted by Crippen LogP contribution is -2.28. The maximum atomic E-state index is 4.22. The van der Waals surface area contributed by atoms with E-state index in [4.69, 9.17) is 0 Å². The molecule has 0 amide bonds. The van der Waals surface area contributed by atoms with Crippen molar-refractivity contribution < 1.29 is 0 Å². The number of hydrogen-bond acceptors (Lipinski definition) is 2. The Morgan fingerprint density at radius 2 is 2.44 bits per heavy atom. The molecule has 0 bridgehead atoms. The largest absolute Gasteiger partial charge is 0.349 e. The van der Waals surface area contributed by atoms with Crippen LogP contribution in [0.15, 0.2) is 12.4 Å². The van der Waals surface area contributed by atoms with Gasteiger partial charge in [0.15, 0.2) is 0 Å². The Kier molecular flexibility index (Phi) is 4.40. The van der Waals surface area contributed by atoms with E-state index in [1.54, 1.807) is 0 Å². The molecule has 1 aliphatic rings. The first-order valence-electron chi connectivity index (χ1n) is 6.53. The van der Waals surface area contributed by atoms with Crippen molar-refractivity contribution in [2.45, 2.75) is 39.0 Å². The fraction of sp³-hybridized carbons (Fsp3) is 0.769. The average Bonchev–Trinajstić information content (AvgIpc) is 2.77. The summed E-state index contributed by atoms with van der Waals surface area (Å²) in [5.74, 6) is 2.93. The van der Waals surface area contributed by atoms with Crippen LogP contribution in [-0.4, -0.2) is 23.1 Å². The maximum Gasteiger partial charge on any atom is 0.107 e. The highest BCUT2D eigenvalue weighted by Gasteiger charge is 2.17. The smallest absolute Gasteiger partial charge is 0.107 e. The molecular weight excluding hydrogens is 198 g/mol. The van der Waals surface area contributed by atoms with Crippen LogP contribution in [0.3, 0.4) is 0 Å². The number of H-pyrrole nitrogens is 1. The van der Waals surface area contributed by atoms with Crippen LogP contribution < -0.4 is 5.32 Å². The third-order valence-electron chi connectivity index (χ3n) is 3.57. The molecule has 1 aromatic heterocycles. The molecule has 2 unspecified atom stereocenters. The Balaban J connectivity index is 1.57. The molecule has 1 aliphatic carbocycles. The van der Waals surface area contributed by atoms with Crippen LogP contribution in [0.25, 0.3) is 0 Å². The first kappa shape index (κ1) is 11.6. The van der Waals surface area contributed by atoms with Gasteiger partial charge >= 0.3 is 0 Å². The predicted molar refractivity (Wildman–Crippen MR) is 66.3 cm³/mol. The van der Waals surface area contributed by atoms with Crippen molar-refractivity contribution in [2.24, 2.45) is 11.8 Å². The van der Waals surface area contributed by atoms with Gasteiger partial charge in [0.2, 0.25) is 0 Å². The lowest BCUT2D eigenvalue weighted by molar-refractivity contribution is 0.275. The van der Waals surface area contributed by atoms with Crippen LogP contribution >= 0.6 is 0 Å². The summed E-state index contributed by atoms with van der Waals surface area (Å²) in [7, 11) is 0. The normalized spacial score (nSPS) is 25.8. The summed E-state index contributed by atoms with van der Waals surface area (Å²) in [5.41, 5.74) is 0. The molecule has 0 saturated heterocycles. The second kappa shape index (κ2) is 6.04. The van der Waals surface area contributed by atoms with Crippen molar-refractivity contribution in [1.29, 1.82) is 0 Å². The van der Waals surface area contributed by atoms with Gasteiger partial charge in [-0.2, -0.15) is 0 Å². The molecule has 1 aromatic rings. The predicted octanol–water partition coefficient (Wildman–Crippen LogP) is 2.37. The number of aromatic amines is 1. The molecule has 0 aliphatic heterocycles. The highest BCUT2D eigenvalue weighted by molar-refractivity contribution is 4.87. The van der Waals surface area contributed by atoms with Gasteiger partial charge in [0.25, 0.3) is 0 Å². The van der Waals surface area contributed by atoms with Gasteiger partial charge < -0.3 is 10.3 Å². The fourth-order valence-electron chi connectivity index (χ4n) is 2.69. The van der Waals surface area contributed by atoms with E-state index < -0.39 is 0 Å². The second-order valence-electron chi connectivity index (χ2n) is 5.13. The van der Waals surface area contributed by atoms with Crippen molar-refractivity contribution in [3.8, 4) is 0 Å². The molecule has 0 aromatic carbocycles. The highest BCUT2D eigenvalue weighted by Crippen LogP contribution is 2.27. The Morgan fingerprint density at radius 1 is 1.50 bits per heavy atom. The molecule has 3 nitrogen and oxygen atoms in total. The van der Waals surface area contributed by atoms with Crippen molar-refractivity contribution >= 4 is 0 Å². The fourth-order valence-corrected chi connectivity index (χ4v) is 2.69. The van der Waals surface area contributed by atoms with Crippen LogP contribution in [0.4, 0.5) is 0 Å². The summed E-state index contributed by atoms with van der Waals surface area (Å²) in [6.07, 6.45) is 10.4. The van der Waals surface area contributed by atoms with E-state index in [1.807, 2.05) is 12.4 Å². The summed E-state index contributed by atoms with van der Waals surface area (Å²) >= 11 is 0. The highest BCUT2D eigenvalue weighted by atomic mass is 14.9. The van der Waals surface area contributed by atoms with Crippen LogP contribution in [0.5, 0.6) is 0 Å². The SMILES string of the molecule is CC1CCCC(CNCCc2ncc[nH]2)C1. The van der Waals surface area contributed by atoms with Crippen LogP contribution in [0.1, 0.15) is 38.4 Å². The van der Waals surface area contributed by atoms with E-state index in [0.29, 0.717) is 0 Å². The first-order valence-corrected chi connectivity index (χ1v) is 6.53. The molecule has 16 heavy (non-hydrogen) atoms. The Hall–Kier alpha value is -0.830. The molecule has 2 N–H and O–H groups in total. The van der Waals surface area contributed by atoms with Crippen molar-refractivity contribution in [1.82, 2.24) is 15.3 Å². The van der Waals surface area contributed by atoms with Crippen molar-refractivity contribution in [3.63, 3.8) is 0 Å². The van der Waals surface area contributed by atoms with Crippen LogP contribution in [0, 0.1) is 11.8 Å². The Morgan fingerprint density at radius 3 is 3.19 bits per heavy atom. The minimum Gasteiger partial charge on any atom is -0.349 e. The molecule has 90 valence electrons. The summed E-state index contributed by atoms with van der Waals surface area (Å²) in [6.45, 7) is 4.61. The van der Waals surface area contributed by atoms with E-state index in [0.717, 1.165) is 30.6 Å². The van der Waals surface area contributed by atoms with Gasteiger partial charge in [0.05, 0.1) is 0 Å². The number of nitrogens with one attached hydrogen (secondary N) is 2. The van der Waals surface area contributed by atoms with Gasteiger partial charge in [-0.15, -0.1) is 0 Å². The summed E-state index contributed by atoms with van der Waals surface area (Å²) in [6, 6.07) is 0. The Labute approximate surface area is 98.1 Å². The first-order chi connectivity index (χ1) is 7.84. The monoisotopic (exact) mass is 221 g/mol. The van der Waals surface area contributed by atoms with E-state index in [9.17, 15) is 0 Å². The van der Waals surface area contributed by atoms with Gasteiger partial charge in [-0.05, 0) is 31.2 Å². The molecule has 2 atom stereocenters. The molecule has 0 radical (unpaired) electrons. The molecular formula is C13H23N3. The van der Waals surface area contributed by atoms with E-state index >= 15 is 0 Å². The quantitative estimate of drug-likeness (QED) is 0.749. The van der Waals surface area contributed by atoms with Crippen molar-refractivity contribution in [2.75, 3.05) is 13.1 Å². The summed E-state index contributed by atoms with van der Waals surface area (Å²) in [5, 5.41) is 3.55. The van der Waals surface area contributed by atoms with E-state index in [-0.39, 0.29) is 0 Å². The zero-order valence-corrected chi connectivity index (χ0v) is 10.2. The minimum absolute atomic E-state index is 0.903. The van der Waals surface area contributed by atoms with E-state index in [2.05, 4.69) is 22.2 Å². The summed E-state index contributed by atoms with van der Waals surface area (Å²) < 4.78 is 0. The van der Waals surface area contributed by atoms with Gasteiger partial charge in [0.1, 0.15) is 5.82 Å². The topological polar surface area (TPSA) is 40.7 Å². The lowest BCUT2D eigenvalue weighted by atomic mass is 9.82. The number of nitrogens with zero attached hydrogens (tertiary/aromatic N) is 1. The molecule has 1 fully saturated rings. The number of rotatable bonds is 5.